The molecule has 0 aromatic carbocycles. The van der Waals surface area contributed by atoms with Crippen LogP contribution in [0.2, 0.25) is 0 Å². The van der Waals surface area contributed by atoms with E-state index >= 15 is 0 Å². The van der Waals surface area contributed by atoms with E-state index in [1.54, 1.807) is 0 Å². The van der Waals surface area contributed by atoms with Crippen molar-refractivity contribution in [3.8, 4) is 0 Å². The van der Waals surface area contributed by atoms with Crippen molar-refractivity contribution in [2.24, 2.45) is 16.7 Å². The molecule has 0 radical (unpaired) electrons. The Kier molecular flexibility index (Phi) is 4.78. The second kappa shape index (κ2) is 5.46. The summed E-state index contributed by atoms with van der Waals surface area (Å²) in [6.07, 6.45) is 2.55. The van der Waals surface area contributed by atoms with Crippen LogP contribution in [0.15, 0.2) is 0 Å². The Morgan fingerprint density at radius 3 is 2.24 bits per heavy atom. The van der Waals surface area contributed by atoms with Gasteiger partial charge in [0, 0.05) is 38.1 Å². The maximum Gasteiger partial charge on any atom is 1.00 e. The summed E-state index contributed by atoms with van der Waals surface area (Å²) in [5.74, 6) is 5.72. The zero-order valence-electron chi connectivity index (χ0n) is 11.3. The van der Waals surface area contributed by atoms with Gasteiger partial charge < -0.3 is 10.2 Å². The van der Waals surface area contributed by atoms with E-state index in [0.717, 1.165) is 26.2 Å². The summed E-state index contributed by atoms with van der Waals surface area (Å²) in [5.41, 5.74) is 1.10. The fourth-order valence-corrected chi connectivity index (χ4v) is 3.66. The number of hydrazine groups is 1. The molecule has 0 atom stereocenters. The Morgan fingerprint density at radius 1 is 1.12 bits per heavy atom. The Bertz CT molecular complexity index is 264. The summed E-state index contributed by atoms with van der Waals surface area (Å²) >= 11 is 0. The molecule has 0 bridgehead atoms. The van der Waals surface area contributed by atoms with E-state index in [0.29, 0.717) is 10.8 Å². The molecule has 2 N–H and O–H groups in total. The number of hydrogen-bond donors (Lipinski definition) is 1. The van der Waals surface area contributed by atoms with E-state index in [4.69, 9.17) is 5.84 Å². The maximum absolute atomic E-state index is 5.72. The molecule has 0 amide bonds. The molecule has 17 heavy (non-hydrogen) atoms. The molecule has 5 heteroatoms. The summed E-state index contributed by atoms with van der Waals surface area (Å²) in [4.78, 5) is 2.62. The minimum absolute atomic E-state index is 0. The normalized spacial score (nSPS) is 31.4. The molecule has 3 aliphatic heterocycles. The van der Waals surface area contributed by atoms with Crippen LogP contribution in [0.3, 0.4) is 0 Å². The van der Waals surface area contributed by atoms with Crippen molar-refractivity contribution in [1.29, 1.82) is 0 Å². The maximum atomic E-state index is 5.72. The molecular formula is C12H23KN4. The van der Waals surface area contributed by atoms with Gasteiger partial charge in [-0.05, 0) is 5.41 Å². The van der Waals surface area contributed by atoms with Gasteiger partial charge >= 0.3 is 51.4 Å². The van der Waals surface area contributed by atoms with Crippen LogP contribution in [0.4, 0.5) is 0 Å². The van der Waals surface area contributed by atoms with Crippen molar-refractivity contribution in [2.75, 3.05) is 45.8 Å². The van der Waals surface area contributed by atoms with Gasteiger partial charge in [0.25, 0.3) is 0 Å². The van der Waals surface area contributed by atoms with Gasteiger partial charge in [0.05, 0.1) is 0 Å². The van der Waals surface area contributed by atoms with Gasteiger partial charge in [-0.15, -0.1) is 13.1 Å². The Hall–Kier alpha value is 1.48. The molecule has 3 fully saturated rings. The predicted octanol–water partition coefficient (Wildman–Crippen LogP) is -2.34. The topological polar surface area (TPSA) is 46.6 Å². The first-order chi connectivity index (χ1) is 7.59. The SMILES string of the molecule is CC1(CN2CC3(CN(N)C3)C2)CC[N-]CC1.[K+]. The summed E-state index contributed by atoms with van der Waals surface area (Å²) in [5, 5.41) is 6.39. The summed E-state index contributed by atoms with van der Waals surface area (Å²) < 4.78 is 0. The second-order valence-electron chi connectivity index (χ2n) is 6.53. The van der Waals surface area contributed by atoms with E-state index in [1.165, 1.54) is 32.5 Å². The summed E-state index contributed by atoms with van der Waals surface area (Å²) in [7, 11) is 0. The van der Waals surface area contributed by atoms with E-state index in [2.05, 4.69) is 17.1 Å². The largest absolute Gasteiger partial charge is 1.00 e. The van der Waals surface area contributed by atoms with E-state index < -0.39 is 0 Å². The van der Waals surface area contributed by atoms with Crippen LogP contribution in [-0.2, 0) is 0 Å². The Morgan fingerprint density at radius 2 is 1.71 bits per heavy atom. The van der Waals surface area contributed by atoms with Gasteiger partial charge in [-0.25, -0.2) is 5.01 Å². The fraction of sp³-hybridized carbons (Fsp3) is 1.00. The number of piperidine rings is 1. The second-order valence-corrected chi connectivity index (χ2v) is 6.53. The first-order valence-electron chi connectivity index (χ1n) is 6.45. The first-order valence-corrected chi connectivity index (χ1v) is 6.45. The van der Waals surface area contributed by atoms with Crippen LogP contribution in [0.25, 0.3) is 5.32 Å². The number of nitrogens with zero attached hydrogens (tertiary/aromatic N) is 3. The van der Waals surface area contributed by atoms with Gasteiger partial charge in [0.1, 0.15) is 0 Å². The molecule has 1 spiro atoms. The van der Waals surface area contributed by atoms with Gasteiger partial charge in [-0.3, -0.25) is 5.84 Å². The first kappa shape index (κ1) is 14.9. The van der Waals surface area contributed by atoms with E-state index in [1.807, 2.05) is 5.01 Å². The zero-order chi connectivity index (χ0) is 11.2. The monoisotopic (exact) mass is 262 g/mol. The summed E-state index contributed by atoms with van der Waals surface area (Å²) in [6.45, 7) is 10.6. The number of likely N-dealkylation sites (tertiary alicyclic amines) is 1. The fourth-order valence-electron chi connectivity index (χ4n) is 3.66. The van der Waals surface area contributed by atoms with Gasteiger partial charge in [-0.1, -0.05) is 19.8 Å². The Balaban J connectivity index is 0.00000108. The van der Waals surface area contributed by atoms with Gasteiger partial charge in [-0.2, -0.15) is 0 Å². The van der Waals surface area contributed by atoms with Crippen LogP contribution >= 0.6 is 0 Å². The van der Waals surface area contributed by atoms with Crippen LogP contribution in [0.5, 0.6) is 0 Å². The molecule has 0 saturated carbocycles. The third kappa shape index (κ3) is 3.15. The third-order valence-corrected chi connectivity index (χ3v) is 4.55. The van der Waals surface area contributed by atoms with Crippen LogP contribution in [0, 0.1) is 10.8 Å². The molecule has 92 valence electrons. The van der Waals surface area contributed by atoms with Crippen molar-refractivity contribution in [3.63, 3.8) is 0 Å². The molecular weight excluding hydrogens is 239 g/mol. The molecule has 3 heterocycles. The zero-order valence-corrected chi connectivity index (χ0v) is 14.4. The minimum Gasteiger partial charge on any atom is -0.662 e. The molecule has 0 aromatic heterocycles. The van der Waals surface area contributed by atoms with E-state index in [-0.39, 0.29) is 51.4 Å². The predicted molar refractivity (Wildman–Crippen MR) is 65.1 cm³/mol. The average molecular weight is 262 g/mol. The number of hydrogen-bond acceptors (Lipinski definition) is 3. The summed E-state index contributed by atoms with van der Waals surface area (Å²) in [6, 6.07) is 0. The number of rotatable bonds is 2. The molecule has 0 unspecified atom stereocenters. The van der Waals surface area contributed by atoms with E-state index in [9.17, 15) is 0 Å². The standard InChI is InChI=1S/C12H23N4.K/c1-11(2-4-14-5-3-11)6-15-7-12(8-15)9-16(13)10-12;/h2-10,13H2,1H3;/q-1;+1. The van der Waals surface area contributed by atoms with Crippen LogP contribution in [0.1, 0.15) is 19.8 Å². The average Bonchev–Trinajstić information content (AvgIpc) is 2.13. The molecule has 3 rings (SSSR count). The van der Waals surface area contributed by atoms with Crippen LogP contribution in [-0.4, -0.2) is 55.7 Å². The molecule has 0 aliphatic carbocycles. The molecule has 3 saturated heterocycles. The Labute approximate surface area is 147 Å². The quantitative estimate of drug-likeness (QED) is 0.448. The van der Waals surface area contributed by atoms with Crippen molar-refractivity contribution < 1.29 is 51.4 Å². The smallest absolute Gasteiger partial charge is 0.662 e. The van der Waals surface area contributed by atoms with Gasteiger partial charge in [0.2, 0.25) is 0 Å². The molecule has 3 aliphatic rings. The third-order valence-electron chi connectivity index (χ3n) is 4.55. The van der Waals surface area contributed by atoms with Crippen molar-refractivity contribution in [2.45, 2.75) is 19.8 Å². The van der Waals surface area contributed by atoms with Crippen molar-refractivity contribution in [1.82, 2.24) is 9.91 Å². The molecule has 4 nitrogen and oxygen atoms in total. The van der Waals surface area contributed by atoms with Crippen molar-refractivity contribution >= 4 is 0 Å². The van der Waals surface area contributed by atoms with Crippen LogP contribution < -0.4 is 57.2 Å². The van der Waals surface area contributed by atoms with Gasteiger partial charge in [0.15, 0.2) is 0 Å². The molecule has 0 aromatic rings. The minimum atomic E-state index is 0. The number of nitrogens with two attached hydrogens (primary N) is 1. The van der Waals surface area contributed by atoms with Crippen molar-refractivity contribution in [3.05, 3.63) is 5.32 Å².